The topological polar surface area (TPSA) is 118 Å². The minimum atomic E-state index is -0.943. The van der Waals surface area contributed by atoms with Crippen LogP contribution in [0.3, 0.4) is 0 Å². The summed E-state index contributed by atoms with van der Waals surface area (Å²) in [6, 6.07) is 3.19. The van der Waals surface area contributed by atoms with Crippen LogP contribution in [0.4, 0.5) is 16.4 Å². The van der Waals surface area contributed by atoms with Crippen LogP contribution in [0.15, 0.2) is 12.1 Å². The van der Waals surface area contributed by atoms with Crippen molar-refractivity contribution in [3.63, 3.8) is 0 Å². The number of cyclic esters (lactones) is 1. The third kappa shape index (κ3) is 2.78. The first-order valence-corrected chi connectivity index (χ1v) is 6.66. The van der Waals surface area contributed by atoms with E-state index in [4.69, 9.17) is 14.6 Å². The van der Waals surface area contributed by atoms with Gasteiger partial charge in [0.2, 0.25) is 0 Å². The van der Waals surface area contributed by atoms with E-state index in [-0.39, 0.29) is 37.7 Å². The number of nitrogens with zero attached hydrogens (tertiary/aromatic N) is 2. The van der Waals surface area contributed by atoms with Crippen molar-refractivity contribution < 1.29 is 29.0 Å². The van der Waals surface area contributed by atoms with Gasteiger partial charge in [-0.25, -0.2) is 9.78 Å². The summed E-state index contributed by atoms with van der Waals surface area (Å²) in [7, 11) is 0. The van der Waals surface area contributed by atoms with Crippen LogP contribution in [-0.4, -0.2) is 47.3 Å². The van der Waals surface area contributed by atoms with Gasteiger partial charge in [0.15, 0.2) is 18.2 Å². The normalized spacial score (nSPS) is 20.0. The largest absolute Gasteiger partial charge is 0.481 e. The molecule has 2 N–H and O–H groups in total. The van der Waals surface area contributed by atoms with Gasteiger partial charge in [-0.3, -0.25) is 14.5 Å². The summed E-state index contributed by atoms with van der Waals surface area (Å²) in [6.07, 6.45) is -0.923. The number of rotatable bonds is 4. The predicted octanol–water partition coefficient (Wildman–Crippen LogP) is 0.602. The zero-order valence-corrected chi connectivity index (χ0v) is 11.4. The number of hydrogen-bond acceptors (Lipinski definition) is 6. The molecule has 2 aliphatic heterocycles. The summed E-state index contributed by atoms with van der Waals surface area (Å²) in [6.45, 7) is 0.143. The maximum Gasteiger partial charge on any atom is 0.415 e. The second kappa shape index (κ2) is 5.51. The third-order valence-corrected chi connectivity index (χ3v) is 3.29. The van der Waals surface area contributed by atoms with E-state index in [0.29, 0.717) is 11.6 Å². The molecule has 0 spiro atoms. The van der Waals surface area contributed by atoms with Crippen LogP contribution in [0.5, 0.6) is 5.75 Å². The molecule has 0 bridgehead atoms. The first-order valence-electron chi connectivity index (χ1n) is 6.66. The van der Waals surface area contributed by atoms with Gasteiger partial charge in [-0.15, -0.1) is 0 Å². The van der Waals surface area contributed by atoms with Crippen LogP contribution in [0.1, 0.15) is 12.8 Å². The fraction of sp³-hybridized carbons (Fsp3) is 0.385. The van der Waals surface area contributed by atoms with E-state index in [1.807, 2.05) is 0 Å². The summed E-state index contributed by atoms with van der Waals surface area (Å²) in [5.41, 5.74) is 0. The van der Waals surface area contributed by atoms with Gasteiger partial charge in [-0.2, -0.15) is 0 Å². The number of ether oxygens (including phenoxy) is 2. The molecule has 1 aromatic heterocycles. The number of carbonyl (C=O) groups is 3. The molecular formula is C13H13N3O6. The first kappa shape index (κ1) is 14.1. The molecule has 0 saturated carbocycles. The zero-order chi connectivity index (χ0) is 15.7. The van der Waals surface area contributed by atoms with Gasteiger partial charge in [0, 0.05) is 6.42 Å². The van der Waals surface area contributed by atoms with Gasteiger partial charge in [0.25, 0.3) is 5.91 Å². The number of anilines is 2. The van der Waals surface area contributed by atoms with Gasteiger partial charge < -0.3 is 19.9 Å². The van der Waals surface area contributed by atoms with Crippen molar-refractivity contribution in [3.8, 4) is 5.75 Å². The lowest BCUT2D eigenvalue weighted by Crippen LogP contribution is -2.29. The molecule has 2 aliphatic rings. The lowest BCUT2D eigenvalue weighted by Gasteiger charge is -2.19. The standard InChI is InChI=1S/C13H13N3O6/c17-10-6-21-8-2-3-9(14-12(8)15-10)16-5-7(22-13(16)20)1-4-11(18)19/h2-3,7H,1,4-6H2,(H,18,19)(H,14,15,17)/t7-/m0/s1. The molecule has 9 heteroatoms. The number of hydrogen-bond donors (Lipinski definition) is 2. The summed E-state index contributed by atoms with van der Waals surface area (Å²) >= 11 is 0. The highest BCUT2D eigenvalue weighted by Crippen LogP contribution is 2.30. The van der Waals surface area contributed by atoms with Crippen molar-refractivity contribution in [1.82, 2.24) is 4.98 Å². The van der Waals surface area contributed by atoms with Gasteiger partial charge in [-0.05, 0) is 18.6 Å². The number of carboxylic acid groups (broad SMARTS) is 1. The maximum absolute atomic E-state index is 11.9. The fourth-order valence-electron chi connectivity index (χ4n) is 2.25. The molecule has 1 atom stereocenters. The van der Waals surface area contributed by atoms with Crippen molar-refractivity contribution >= 4 is 29.6 Å². The minimum Gasteiger partial charge on any atom is -0.481 e. The summed E-state index contributed by atoms with van der Waals surface area (Å²) in [5.74, 6) is -0.275. The number of aromatic nitrogens is 1. The molecule has 9 nitrogen and oxygen atoms in total. The Morgan fingerprint density at radius 3 is 3.05 bits per heavy atom. The van der Waals surface area contributed by atoms with Crippen molar-refractivity contribution in [2.45, 2.75) is 18.9 Å². The van der Waals surface area contributed by atoms with E-state index < -0.39 is 18.2 Å². The van der Waals surface area contributed by atoms with E-state index in [2.05, 4.69) is 10.3 Å². The Labute approximate surface area is 124 Å². The van der Waals surface area contributed by atoms with Crippen LogP contribution in [0, 0.1) is 0 Å². The van der Waals surface area contributed by atoms with Crippen molar-refractivity contribution in [1.29, 1.82) is 0 Å². The highest BCUT2D eigenvalue weighted by Gasteiger charge is 2.34. The van der Waals surface area contributed by atoms with Crippen molar-refractivity contribution in [2.24, 2.45) is 0 Å². The van der Waals surface area contributed by atoms with Crippen molar-refractivity contribution in [3.05, 3.63) is 12.1 Å². The third-order valence-electron chi connectivity index (χ3n) is 3.29. The molecule has 2 amide bonds. The van der Waals surface area contributed by atoms with E-state index in [9.17, 15) is 14.4 Å². The van der Waals surface area contributed by atoms with Crippen LogP contribution in [0.2, 0.25) is 0 Å². The molecule has 0 radical (unpaired) electrons. The van der Waals surface area contributed by atoms with E-state index in [1.54, 1.807) is 12.1 Å². The van der Waals surface area contributed by atoms with E-state index in [1.165, 1.54) is 4.90 Å². The zero-order valence-electron chi connectivity index (χ0n) is 11.4. The number of aliphatic carboxylic acids is 1. The minimum absolute atomic E-state index is 0.0724. The Bertz CT molecular complexity index is 647. The fourth-order valence-corrected chi connectivity index (χ4v) is 2.25. The molecule has 0 aromatic carbocycles. The molecule has 3 heterocycles. The molecule has 22 heavy (non-hydrogen) atoms. The van der Waals surface area contributed by atoms with E-state index in [0.717, 1.165) is 0 Å². The lowest BCUT2D eigenvalue weighted by molar-refractivity contribution is -0.137. The number of amides is 2. The maximum atomic E-state index is 11.9. The smallest absolute Gasteiger partial charge is 0.415 e. The molecule has 1 saturated heterocycles. The van der Waals surface area contributed by atoms with Crippen LogP contribution < -0.4 is 15.0 Å². The average Bonchev–Trinajstić information content (AvgIpc) is 2.85. The second-order valence-corrected chi connectivity index (χ2v) is 4.90. The first-order chi connectivity index (χ1) is 10.5. The Balaban J connectivity index is 1.74. The quantitative estimate of drug-likeness (QED) is 0.836. The molecule has 116 valence electrons. The van der Waals surface area contributed by atoms with E-state index >= 15 is 0 Å². The molecular weight excluding hydrogens is 294 g/mol. The Hall–Kier alpha value is -2.84. The number of carbonyl (C=O) groups excluding carboxylic acids is 2. The van der Waals surface area contributed by atoms with Crippen LogP contribution in [0.25, 0.3) is 0 Å². The SMILES string of the molecule is O=C(O)CC[C@H]1CN(c2ccc3c(n2)NC(=O)CO3)C(=O)O1. The Kier molecular flexibility index (Phi) is 3.53. The number of fused-ring (bicyclic) bond motifs is 1. The molecule has 1 aromatic rings. The summed E-state index contributed by atoms with van der Waals surface area (Å²) < 4.78 is 10.3. The molecule has 3 rings (SSSR count). The molecule has 0 unspecified atom stereocenters. The average molecular weight is 307 g/mol. The van der Waals surface area contributed by atoms with Gasteiger partial charge in [0.05, 0.1) is 6.54 Å². The Morgan fingerprint density at radius 2 is 2.27 bits per heavy atom. The monoisotopic (exact) mass is 307 g/mol. The predicted molar refractivity (Wildman–Crippen MR) is 72.8 cm³/mol. The lowest BCUT2D eigenvalue weighted by atomic mass is 10.2. The van der Waals surface area contributed by atoms with Gasteiger partial charge >= 0.3 is 12.1 Å². The highest BCUT2D eigenvalue weighted by atomic mass is 16.6. The Morgan fingerprint density at radius 1 is 1.45 bits per heavy atom. The second-order valence-electron chi connectivity index (χ2n) is 4.90. The number of carboxylic acids is 1. The summed E-state index contributed by atoms with van der Waals surface area (Å²) in [5, 5.41) is 11.2. The molecule has 1 fully saturated rings. The van der Waals surface area contributed by atoms with Gasteiger partial charge in [-0.1, -0.05) is 0 Å². The van der Waals surface area contributed by atoms with Gasteiger partial charge in [0.1, 0.15) is 11.9 Å². The number of nitrogens with one attached hydrogen (secondary N) is 1. The van der Waals surface area contributed by atoms with Crippen LogP contribution >= 0.6 is 0 Å². The molecule has 0 aliphatic carbocycles. The summed E-state index contributed by atoms with van der Waals surface area (Å²) in [4.78, 5) is 39.2. The highest BCUT2D eigenvalue weighted by molar-refractivity contribution is 5.95. The number of pyridine rings is 1. The van der Waals surface area contributed by atoms with Crippen molar-refractivity contribution in [2.75, 3.05) is 23.4 Å². The van der Waals surface area contributed by atoms with Crippen LogP contribution in [-0.2, 0) is 14.3 Å².